The minimum absolute atomic E-state index is 0.209. The van der Waals surface area contributed by atoms with Crippen molar-refractivity contribution in [1.82, 2.24) is 0 Å². The first-order valence-corrected chi connectivity index (χ1v) is 11.7. The molecule has 0 saturated heterocycles. The number of nitrogens with zero attached hydrogens (tertiary/aromatic N) is 1. The minimum Gasteiger partial charge on any atom is -0.481 e. The predicted molar refractivity (Wildman–Crippen MR) is 124 cm³/mol. The molecule has 0 bridgehead atoms. The number of aryl methyl sites for hydroxylation is 2. The summed E-state index contributed by atoms with van der Waals surface area (Å²) in [5.41, 5.74) is 7.13. The van der Waals surface area contributed by atoms with Crippen molar-refractivity contribution in [3.63, 3.8) is 0 Å². The highest BCUT2D eigenvalue weighted by Gasteiger charge is 2.36. The summed E-state index contributed by atoms with van der Waals surface area (Å²) in [7, 11) is 0. The van der Waals surface area contributed by atoms with E-state index in [9.17, 15) is 22.8 Å². The highest BCUT2D eigenvalue weighted by atomic mass is 32.1. The van der Waals surface area contributed by atoms with Crippen LogP contribution >= 0.6 is 11.3 Å². The lowest BCUT2D eigenvalue weighted by molar-refractivity contribution is -0.402. The second-order valence-electron chi connectivity index (χ2n) is 8.32. The van der Waals surface area contributed by atoms with Gasteiger partial charge in [-0.3, -0.25) is 9.59 Å². The number of quaternary nitrogens is 1. The zero-order valence-corrected chi connectivity index (χ0v) is 19.1. The molecular formula is C25H24F3N2O3S+. The van der Waals surface area contributed by atoms with Gasteiger partial charge in [-0.05, 0) is 48.1 Å². The fourth-order valence-electron chi connectivity index (χ4n) is 4.23. The third-order valence-electron chi connectivity index (χ3n) is 5.86. The van der Waals surface area contributed by atoms with Gasteiger partial charge in [0, 0.05) is 22.7 Å². The number of aliphatic carboxylic acids is 1. The van der Waals surface area contributed by atoms with Gasteiger partial charge in [-0.1, -0.05) is 42.5 Å². The van der Waals surface area contributed by atoms with Gasteiger partial charge in [0.15, 0.2) is 6.04 Å². The number of carboxylic acids is 1. The van der Waals surface area contributed by atoms with Crippen molar-refractivity contribution in [3.8, 4) is 11.1 Å². The van der Waals surface area contributed by atoms with Crippen LogP contribution in [-0.2, 0) is 35.0 Å². The molecule has 34 heavy (non-hydrogen) atoms. The van der Waals surface area contributed by atoms with E-state index in [1.807, 2.05) is 18.2 Å². The molecule has 0 aliphatic carbocycles. The average molecular weight is 490 g/mol. The monoisotopic (exact) mass is 489 g/mol. The Balaban J connectivity index is 1.49. The molecule has 5 nitrogen and oxygen atoms in total. The van der Waals surface area contributed by atoms with Crippen LogP contribution in [0.3, 0.4) is 0 Å². The Labute approximate surface area is 198 Å². The van der Waals surface area contributed by atoms with E-state index in [-0.39, 0.29) is 17.9 Å². The molecule has 2 aromatic carbocycles. The van der Waals surface area contributed by atoms with Gasteiger partial charge in [-0.2, -0.15) is 13.2 Å². The fraction of sp³-hybridized carbons (Fsp3) is 0.280. The van der Waals surface area contributed by atoms with Gasteiger partial charge in [-0.25, -0.2) is 0 Å². The van der Waals surface area contributed by atoms with Gasteiger partial charge in [-0.15, -0.1) is 11.3 Å². The Kier molecular flexibility index (Phi) is 6.77. The SMILES string of the molecule is [NH3+][C@H](CC(=O)O)C(=O)N1CCc2cc(CCc3cc(-c4ccccc4)c(C(F)(F)F)s3)ccc21. The summed E-state index contributed by atoms with van der Waals surface area (Å²) in [6, 6.07) is 15.0. The number of carbonyl (C=O) groups excluding carboxylic acids is 1. The van der Waals surface area contributed by atoms with Crippen LogP contribution in [0.4, 0.5) is 18.9 Å². The molecule has 1 amide bonds. The first-order chi connectivity index (χ1) is 16.1. The summed E-state index contributed by atoms with van der Waals surface area (Å²) in [4.78, 5) is 25.1. The van der Waals surface area contributed by atoms with Crippen molar-refractivity contribution in [2.45, 2.75) is 37.9 Å². The quantitative estimate of drug-likeness (QED) is 0.522. The summed E-state index contributed by atoms with van der Waals surface area (Å²) in [6.07, 6.45) is -3.05. The molecule has 0 spiro atoms. The van der Waals surface area contributed by atoms with Gasteiger partial charge in [0.05, 0.1) is 0 Å². The maximum absolute atomic E-state index is 13.6. The average Bonchev–Trinajstić information content (AvgIpc) is 3.41. The van der Waals surface area contributed by atoms with E-state index >= 15 is 0 Å². The summed E-state index contributed by atoms with van der Waals surface area (Å²) >= 11 is 0.785. The van der Waals surface area contributed by atoms with Crippen molar-refractivity contribution < 1.29 is 33.6 Å². The first-order valence-electron chi connectivity index (χ1n) is 10.9. The summed E-state index contributed by atoms with van der Waals surface area (Å²) in [5, 5.41) is 8.92. The number of benzene rings is 2. The predicted octanol–water partition coefficient (Wildman–Crippen LogP) is 4.19. The smallest absolute Gasteiger partial charge is 0.426 e. The molecule has 0 saturated carbocycles. The maximum Gasteiger partial charge on any atom is 0.426 e. The van der Waals surface area contributed by atoms with Gasteiger partial charge >= 0.3 is 12.1 Å². The maximum atomic E-state index is 13.6. The molecule has 4 N–H and O–H groups in total. The Morgan fingerprint density at radius 2 is 1.82 bits per heavy atom. The van der Waals surface area contributed by atoms with E-state index in [1.165, 1.54) is 0 Å². The second kappa shape index (κ2) is 9.60. The molecular weight excluding hydrogens is 465 g/mol. The van der Waals surface area contributed by atoms with Crippen LogP contribution in [0.15, 0.2) is 54.6 Å². The van der Waals surface area contributed by atoms with Crippen LogP contribution < -0.4 is 10.6 Å². The number of anilines is 1. The molecule has 1 aliphatic rings. The molecule has 178 valence electrons. The van der Waals surface area contributed by atoms with Crippen LogP contribution in [0, 0.1) is 0 Å². The summed E-state index contributed by atoms with van der Waals surface area (Å²) in [6.45, 7) is 0.462. The van der Waals surface area contributed by atoms with Crippen LogP contribution in [-0.4, -0.2) is 29.6 Å². The van der Waals surface area contributed by atoms with Crippen LogP contribution in [0.2, 0.25) is 0 Å². The number of rotatable bonds is 7. The zero-order valence-electron chi connectivity index (χ0n) is 18.3. The molecule has 1 aromatic heterocycles. The molecule has 0 fully saturated rings. The van der Waals surface area contributed by atoms with Crippen molar-refractivity contribution in [3.05, 3.63) is 75.5 Å². The Hall–Kier alpha value is -3.17. The number of hydrogen-bond acceptors (Lipinski definition) is 3. The zero-order chi connectivity index (χ0) is 24.5. The minimum atomic E-state index is -4.41. The number of thiophene rings is 1. The van der Waals surface area contributed by atoms with Crippen LogP contribution in [0.5, 0.6) is 0 Å². The van der Waals surface area contributed by atoms with E-state index in [4.69, 9.17) is 5.11 Å². The molecule has 2 heterocycles. The van der Waals surface area contributed by atoms with Crippen molar-refractivity contribution in [2.75, 3.05) is 11.4 Å². The molecule has 3 aromatic rings. The van der Waals surface area contributed by atoms with Gasteiger partial charge < -0.3 is 15.7 Å². The molecule has 0 radical (unpaired) electrons. The standard InChI is InChI=1S/C25H23F3N2O3S/c26-25(27,28)23-19(16-4-2-1-3-5-16)13-18(34-23)8-6-15-7-9-21-17(12-15)10-11-30(21)24(33)20(29)14-22(31)32/h1-5,7,9,12-13,20H,6,8,10-11,14,29H2,(H,31,32)/p+1/t20-/m1/s1. The van der Waals surface area contributed by atoms with Gasteiger partial charge in [0.1, 0.15) is 11.3 Å². The molecule has 9 heteroatoms. The van der Waals surface area contributed by atoms with E-state index in [1.54, 1.807) is 41.3 Å². The molecule has 0 unspecified atom stereocenters. The molecule has 4 rings (SSSR count). The second-order valence-corrected chi connectivity index (χ2v) is 9.45. The van der Waals surface area contributed by atoms with E-state index in [2.05, 4.69) is 5.73 Å². The topological polar surface area (TPSA) is 85.2 Å². The lowest BCUT2D eigenvalue weighted by Crippen LogP contribution is -2.68. The van der Waals surface area contributed by atoms with Crippen molar-refractivity contribution in [2.24, 2.45) is 0 Å². The number of alkyl halides is 3. The van der Waals surface area contributed by atoms with E-state index in [0.29, 0.717) is 36.2 Å². The third-order valence-corrected chi connectivity index (χ3v) is 7.10. The number of carbonyl (C=O) groups is 2. The largest absolute Gasteiger partial charge is 0.481 e. The molecule has 1 aliphatic heterocycles. The van der Waals surface area contributed by atoms with Crippen LogP contribution in [0.1, 0.15) is 27.3 Å². The lowest BCUT2D eigenvalue weighted by Gasteiger charge is -2.19. The fourth-order valence-corrected chi connectivity index (χ4v) is 5.28. The van der Waals surface area contributed by atoms with Crippen molar-refractivity contribution in [1.29, 1.82) is 0 Å². The van der Waals surface area contributed by atoms with E-state index < -0.39 is 23.1 Å². The number of amides is 1. The number of halogens is 3. The van der Waals surface area contributed by atoms with Crippen molar-refractivity contribution >= 4 is 28.9 Å². The first kappa shape index (κ1) is 24.0. The lowest BCUT2D eigenvalue weighted by atomic mass is 10.0. The summed E-state index contributed by atoms with van der Waals surface area (Å²) in [5.74, 6) is -1.39. The van der Waals surface area contributed by atoms with Crippen LogP contribution in [0.25, 0.3) is 11.1 Å². The number of hydrogen-bond donors (Lipinski definition) is 2. The number of carboxylic acid groups (broad SMARTS) is 1. The highest BCUT2D eigenvalue weighted by molar-refractivity contribution is 7.12. The Bertz CT molecular complexity index is 1210. The third kappa shape index (κ3) is 5.15. The van der Waals surface area contributed by atoms with Gasteiger partial charge in [0.25, 0.3) is 5.91 Å². The van der Waals surface area contributed by atoms with Gasteiger partial charge in [0.2, 0.25) is 0 Å². The molecule has 1 atom stereocenters. The Morgan fingerprint density at radius 3 is 2.50 bits per heavy atom. The Morgan fingerprint density at radius 1 is 1.09 bits per heavy atom. The summed E-state index contributed by atoms with van der Waals surface area (Å²) < 4.78 is 40.9. The highest BCUT2D eigenvalue weighted by Crippen LogP contribution is 2.43. The van der Waals surface area contributed by atoms with E-state index in [0.717, 1.165) is 28.2 Å². The normalized spacial score (nSPS) is 14.2. The number of fused-ring (bicyclic) bond motifs is 1.